The summed E-state index contributed by atoms with van der Waals surface area (Å²) in [4.78, 5) is 10.4. The standard InChI is InChI=1S/C21H26N4S/c1-4-22-21(23-12-11-20-24-14-15(2)26-20)25-16(3)18-10-9-17-7-5-6-8-19(17)13-18/h5-10,13-14,16H,4,11-12H2,1-3H3,(H2,22,23,25). The predicted octanol–water partition coefficient (Wildman–Crippen LogP) is 4.46. The van der Waals surface area contributed by atoms with Crippen LogP contribution in [0.4, 0.5) is 0 Å². The summed E-state index contributed by atoms with van der Waals surface area (Å²) in [7, 11) is 0. The van der Waals surface area contributed by atoms with E-state index in [1.54, 1.807) is 11.3 Å². The number of fused-ring (bicyclic) bond motifs is 1. The van der Waals surface area contributed by atoms with Crippen LogP contribution in [0.25, 0.3) is 10.8 Å². The highest BCUT2D eigenvalue weighted by molar-refractivity contribution is 7.11. The predicted molar refractivity (Wildman–Crippen MR) is 112 cm³/mol. The highest BCUT2D eigenvalue weighted by atomic mass is 32.1. The summed E-state index contributed by atoms with van der Waals surface area (Å²) in [5, 5.41) is 10.5. The number of nitrogens with zero attached hydrogens (tertiary/aromatic N) is 2. The molecule has 26 heavy (non-hydrogen) atoms. The minimum Gasteiger partial charge on any atom is -0.357 e. The van der Waals surface area contributed by atoms with Crippen LogP contribution in [0.1, 0.15) is 35.3 Å². The summed E-state index contributed by atoms with van der Waals surface area (Å²) in [6.45, 7) is 7.91. The topological polar surface area (TPSA) is 49.3 Å². The number of hydrogen-bond donors (Lipinski definition) is 2. The van der Waals surface area contributed by atoms with Crippen LogP contribution in [0.15, 0.2) is 53.7 Å². The number of rotatable bonds is 6. The van der Waals surface area contributed by atoms with Crippen molar-refractivity contribution in [2.24, 2.45) is 4.99 Å². The van der Waals surface area contributed by atoms with Crippen LogP contribution in [0.3, 0.4) is 0 Å². The van der Waals surface area contributed by atoms with Gasteiger partial charge in [-0.1, -0.05) is 36.4 Å². The maximum Gasteiger partial charge on any atom is 0.191 e. The number of aliphatic imine (C=N–C) groups is 1. The third kappa shape index (κ3) is 4.82. The molecule has 5 heteroatoms. The molecule has 1 aromatic heterocycles. The van der Waals surface area contributed by atoms with Gasteiger partial charge in [-0.25, -0.2) is 4.98 Å². The van der Waals surface area contributed by atoms with Crippen LogP contribution < -0.4 is 10.6 Å². The van der Waals surface area contributed by atoms with Crippen molar-refractivity contribution < 1.29 is 0 Å². The van der Waals surface area contributed by atoms with Gasteiger partial charge in [0.15, 0.2) is 5.96 Å². The van der Waals surface area contributed by atoms with Crippen molar-refractivity contribution in [2.45, 2.75) is 33.2 Å². The molecule has 136 valence electrons. The van der Waals surface area contributed by atoms with Crippen LogP contribution in [0.2, 0.25) is 0 Å². The Morgan fingerprint density at radius 2 is 2.00 bits per heavy atom. The normalized spacial score (nSPS) is 13.0. The van der Waals surface area contributed by atoms with Crippen molar-refractivity contribution in [3.05, 3.63) is 64.1 Å². The van der Waals surface area contributed by atoms with Crippen LogP contribution in [-0.4, -0.2) is 24.0 Å². The lowest BCUT2D eigenvalue weighted by Gasteiger charge is -2.18. The molecule has 0 fully saturated rings. The minimum absolute atomic E-state index is 0.180. The number of nitrogens with one attached hydrogen (secondary N) is 2. The van der Waals surface area contributed by atoms with Gasteiger partial charge >= 0.3 is 0 Å². The van der Waals surface area contributed by atoms with Crippen LogP contribution in [-0.2, 0) is 6.42 Å². The molecular weight excluding hydrogens is 340 g/mol. The summed E-state index contributed by atoms with van der Waals surface area (Å²) in [5.41, 5.74) is 1.25. The van der Waals surface area contributed by atoms with E-state index >= 15 is 0 Å². The Bertz CT molecular complexity index is 884. The number of aromatic nitrogens is 1. The molecule has 0 aliphatic heterocycles. The molecule has 0 spiro atoms. The first-order chi connectivity index (χ1) is 12.7. The van der Waals surface area contributed by atoms with Crippen molar-refractivity contribution >= 4 is 28.1 Å². The Hall–Kier alpha value is -2.40. The summed E-state index contributed by atoms with van der Waals surface area (Å²) in [5.74, 6) is 0.849. The van der Waals surface area contributed by atoms with E-state index in [1.807, 2.05) is 6.20 Å². The van der Waals surface area contributed by atoms with E-state index in [0.29, 0.717) is 0 Å². The highest BCUT2D eigenvalue weighted by Crippen LogP contribution is 2.20. The monoisotopic (exact) mass is 366 g/mol. The Labute approximate surface area is 159 Å². The van der Waals surface area contributed by atoms with Gasteiger partial charge in [-0.3, -0.25) is 4.99 Å². The summed E-state index contributed by atoms with van der Waals surface area (Å²) in [6, 6.07) is 15.2. The van der Waals surface area contributed by atoms with Gasteiger partial charge in [0, 0.05) is 30.6 Å². The Kier molecular flexibility index (Phi) is 6.23. The second kappa shape index (κ2) is 8.81. The fourth-order valence-electron chi connectivity index (χ4n) is 2.87. The molecule has 3 aromatic rings. The largest absolute Gasteiger partial charge is 0.357 e. The quantitative estimate of drug-likeness (QED) is 0.500. The molecule has 1 heterocycles. The molecule has 0 bridgehead atoms. The fourth-order valence-corrected chi connectivity index (χ4v) is 3.64. The Morgan fingerprint density at radius 3 is 2.73 bits per heavy atom. The van der Waals surface area contributed by atoms with Crippen molar-refractivity contribution in [2.75, 3.05) is 13.1 Å². The molecule has 0 aliphatic carbocycles. The van der Waals surface area contributed by atoms with Gasteiger partial charge in [0.05, 0.1) is 11.0 Å². The SMILES string of the molecule is CCNC(=NCCc1ncc(C)s1)NC(C)c1ccc2ccccc2c1. The van der Waals surface area contributed by atoms with Gasteiger partial charge in [-0.15, -0.1) is 11.3 Å². The molecule has 2 N–H and O–H groups in total. The van der Waals surface area contributed by atoms with Crippen molar-refractivity contribution in [3.8, 4) is 0 Å². The first-order valence-corrected chi connectivity index (χ1v) is 9.92. The van der Waals surface area contributed by atoms with E-state index in [0.717, 1.165) is 30.5 Å². The molecule has 4 nitrogen and oxygen atoms in total. The summed E-state index contributed by atoms with van der Waals surface area (Å²) < 4.78 is 0. The maximum absolute atomic E-state index is 4.71. The van der Waals surface area contributed by atoms with Gasteiger partial charge < -0.3 is 10.6 Å². The zero-order valence-electron chi connectivity index (χ0n) is 15.6. The van der Waals surface area contributed by atoms with E-state index in [-0.39, 0.29) is 6.04 Å². The van der Waals surface area contributed by atoms with Gasteiger partial charge in [-0.2, -0.15) is 0 Å². The van der Waals surface area contributed by atoms with Gasteiger partial charge in [0.1, 0.15) is 0 Å². The highest BCUT2D eigenvalue weighted by Gasteiger charge is 2.08. The van der Waals surface area contributed by atoms with Crippen LogP contribution in [0.5, 0.6) is 0 Å². The van der Waals surface area contributed by atoms with E-state index in [2.05, 4.69) is 78.9 Å². The van der Waals surface area contributed by atoms with E-state index in [4.69, 9.17) is 4.99 Å². The molecule has 2 aromatic carbocycles. The van der Waals surface area contributed by atoms with Gasteiger partial charge in [-0.05, 0) is 43.2 Å². The van der Waals surface area contributed by atoms with E-state index in [9.17, 15) is 0 Å². The molecular formula is C21H26N4S. The lowest BCUT2D eigenvalue weighted by molar-refractivity contribution is 0.687. The molecule has 0 saturated carbocycles. The zero-order chi connectivity index (χ0) is 18.4. The second-order valence-corrected chi connectivity index (χ2v) is 7.67. The second-order valence-electron chi connectivity index (χ2n) is 6.35. The number of hydrogen-bond acceptors (Lipinski definition) is 3. The number of benzene rings is 2. The van der Waals surface area contributed by atoms with Crippen molar-refractivity contribution in [1.82, 2.24) is 15.6 Å². The average molecular weight is 367 g/mol. The molecule has 0 saturated heterocycles. The number of thiazole rings is 1. The maximum atomic E-state index is 4.71. The molecule has 3 rings (SSSR count). The number of aryl methyl sites for hydroxylation is 1. The average Bonchev–Trinajstić information content (AvgIpc) is 3.06. The Balaban J connectivity index is 1.66. The minimum atomic E-state index is 0.180. The first kappa shape index (κ1) is 18.4. The fraction of sp³-hybridized carbons (Fsp3) is 0.333. The third-order valence-electron chi connectivity index (χ3n) is 4.24. The van der Waals surface area contributed by atoms with Gasteiger partial charge in [0.25, 0.3) is 0 Å². The lowest BCUT2D eigenvalue weighted by Crippen LogP contribution is -2.38. The van der Waals surface area contributed by atoms with Gasteiger partial charge in [0.2, 0.25) is 0 Å². The van der Waals surface area contributed by atoms with E-state index in [1.165, 1.54) is 21.2 Å². The molecule has 1 unspecified atom stereocenters. The lowest BCUT2D eigenvalue weighted by atomic mass is 10.0. The van der Waals surface area contributed by atoms with Crippen LogP contribution in [0, 0.1) is 6.92 Å². The zero-order valence-corrected chi connectivity index (χ0v) is 16.4. The van der Waals surface area contributed by atoms with Crippen molar-refractivity contribution in [1.29, 1.82) is 0 Å². The molecule has 0 aliphatic rings. The Morgan fingerprint density at radius 1 is 1.19 bits per heavy atom. The molecule has 0 amide bonds. The van der Waals surface area contributed by atoms with Crippen molar-refractivity contribution in [3.63, 3.8) is 0 Å². The third-order valence-corrected chi connectivity index (χ3v) is 5.21. The first-order valence-electron chi connectivity index (χ1n) is 9.10. The molecule has 1 atom stereocenters. The van der Waals surface area contributed by atoms with Crippen LogP contribution >= 0.6 is 11.3 Å². The summed E-state index contributed by atoms with van der Waals surface area (Å²) in [6.07, 6.45) is 2.80. The van der Waals surface area contributed by atoms with E-state index < -0.39 is 0 Å². The smallest absolute Gasteiger partial charge is 0.191 e. The summed E-state index contributed by atoms with van der Waals surface area (Å²) >= 11 is 1.74. The number of guanidine groups is 1. The molecule has 0 radical (unpaired) electrons.